The van der Waals surface area contributed by atoms with E-state index in [9.17, 15) is 18.0 Å². The van der Waals surface area contributed by atoms with Gasteiger partial charge < -0.3 is 10.2 Å². The SMILES string of the molecule is CC[C@@H](C)NC(=O)[C@H](CC)N(Cc1ccc(Cl)cc1Cl)C(=O)CN(c1ccc(I)cc1)S(=O)(=O)c1ccccc1. The number of carbonyl (C=O) groups is 2. The van der Waals surface area contributed by atoms with Crippen molar-refractivity contribution in [1.82, 2.24) is 10.2 Å². The van der Waals surface area contributed by atoms with Crippen molar-refractivity contribution in [2.24, 2.45) is 0 Å². The fourth-order valence-electron chi connectivity index (χ4n) is 4.05. The molecule has 0 aliphatic rings. The zero-order valence-corrected chi connectivity index (χ0v) is 27.0. The summed E-state index contributed by atoms with van der Waals surface area (Å²) in [6, 6.07) is 18.8. The van der Waals surface area contributed by atoms with E-state index in [4.69, 9.17) is 23.2 Å². The van der Waals surface area contributed by atoms with Crippen LogP contribution in [0.25, 0.3) is 0 Å². The van der Waals surface area contributed by atoms with Crippen molar-refractivity contribution in [3.05, 3.63) is 92.0 Å². The third kappa shape index (κ3) is 8.11. The molecule has 0 saturated heterocycles. The lowest BCUT2D eigenvalue weighted by Gasteiger charge is -2.34. The predicted octanol–water partition coefficient (Wildman–Crippen LogP) is 6.52. The van der Waals surface area contributed by atoms with Gasteiger partial charge in [0.1, 0.15) is 12.6 Å². The molecule has 0 bridgehead atoms. The number of sulfonamides is 1. The summed E-state index contributed by atoms with van der Waals surface area (Å²) in [5.74, 6) is -0.864. The lowest BCUT2D eigenvalue weighted by molar-refractivity contribution is -0.140. The average Bonchev–Trinajstić information content (AvgIpc) is 2.93. The number of amides is 2. The summed E-state index contributed by atoms with van der Waals surface area (Å²) in [6.45, 7) is 5.12. The van der Waals surface area contributed by atoms with Gasteiger partial charge in [0.2, 0.25) is 11.8 Å². The van der Waals surface area contributed by atoms with Gasteiger partial charge >= 0.3 is 0 Å². The summed E-state index contributed by atoms with van der Waals surface area (Å²) in [7, 11) is -4.12. The van der Waals surface area contributed by atoms with Crippen molar-refractivity contribution in [2.75, 3.05) is 10.8 Å². The Bertz CT molecular complexity index is 1420. The predicted molar refractivity (Wildman–Crippen MR) is 169 cm³/mol. The fourth-order valence-corrected chi connectivity index (χ4v) is 6.31. The second-order valence-corrected chi connectivity index (χ2v) is 13.3. The lowest BCUT2D eigenvalue weighted by Crippen LogP contribution is -2.53. The Balaban J connectivity index is 2.07. The Labute approximate surface area is 260 Å². The zero-order chi connectivity index (χ0) is 29.4. The van der Waals surface area contributed by atoms with E-state index in [1.807, 2.05) is 20.8 Å². The lowest BCUT2D eigenvalue weighted by atomic mass is 10.1. The number of nitrogens with one attached hydrogen (secondary N) is 1. The van der Waals surface area contributed by atoms with Crippen molar-refractivity contribution in [2.45, 2.75) is 57.1 Å². The number of hydrogen-bond acceptors (Lipinski definition) is 4. The number of benzene rings is 3. The molecule has 1 N–H and O–H groups in total. The van der Waals surface area contributed by atoms with Crippen LogP contribution in [-0.4, -0.2) is 43.8 Å². The van der Waals surface area contributed by atoms with Crippen molar-refractivity contribution in [3.63, 3.8) is 0 Å². The van der Waals surface area contributed by atoms with Crippen molar-refractivity contribution < 1.29 is 18.0 Å². The van der Waals surface area contributed by atoms with Gasteiger partial charge in [0, 0.05) is 26.2 Å². The monoisotopic (exact) mass is 715 g/mol. The van der Waals surface area contributed by atoms with E-state index in [2.05, 4.69) is 27.9 Å². The zero-order valence-electron chi connectivity index (χ0n) is 22.5. The van der Waals surface area contributed by atoms with E-state index >= 15 is 0 Å². The van der Waals surface area contributed by atoms with Crippen LogP contribution in [0.5, 0.6) is 0 Å². The highest BCUT2D eigenvalue weighted by Gasteiger charge is 2.34. The molecule has 0 aliphatic heterocycles. The van der Waals surface area contributed by atoms with Gasteiger partial charge in [0.05, 0.1) is 10.6 Å². The number of carbonyl (C=O) groups excluding carboxylic acids is 2. The fraction of sp³-hybridized carbons (Fsp3) is 0.310. The van der Waals surface area contributed by atoms with Crippen LogP contribution < -0.4 is 9.62 Å². The molecule has 214 valence electrons. The van der Waals surface area contributed by atoms with Crippen LogP contribution in [0, 0.1) is 3.57 Å². The van der Waals surface area contributed by atoms with Gasteiger partial charge in [-0.3, -0.25) is 13.9 Å². The summed E-state index contributed by atoms with van der Waals surface area (Å²) in [6.07, 6.45) is 1.03. The molecule has 0 radical (unpaired) electrons. The minimum atomic E-state index is -4.12. The molecule has 0 heterocycles. The number of halogens is 3. The van der Waals surface area contributed by atoms with E-state index in [0.29, 0.717) is 27.7 Å². The number of anilines is 1. The molecule has 0 fully saturated rings. The van der Waals surface area contributed by atoms with Crippen LogP contribution in [0.1, 0.15) is 39.2 Å². The second-order valence-electron chi connectivity index (χ2n) is 9.30. The number of nitrogens with zero attached hydrogens (tertiary/aromatic N) is 2. The molecule has 0 aromatic heterocycles. The molecule has 0 spiro atoms. The quantitative estimate of drug-likeness (QED) is 0.217. The van der Waals surface area contributed by atoms with E-state index in [1.54, 1.807) is 60.7 Å². The maximum Gasteiger partial charge on any atom is 0.264 e. The highest BCUT2D eigenvalue weighted by molar-refractivity contribution is 14.1. The van der Waals surface area contributed by atoms with E-state index < -0.39 is 28.5 Å². The number of hydrogen-bond donors (Lipinski definition) is 1. The molecular weight excluding hydrogens is 684 g/mol. The summed E-state index contributed by atoms with van der Waals surface area (Å²) in [5.41, 5.74) is 0.917. The second kappa shape index (κ2) is 14.5. The molecule has 3 rings (SSSR count). The third-order valence-electron chi connectivity index (χ3n) is 6.47. The topological polar surface area (TPSA) is 86.8 Å². The van der Waals surface area contributed by atoms with E-state index in [1.165, 1.54) is 17.0 Å². The molecule has 11 heteroatoms. The van der Waals surface area contributed by atoms with Gasteiger partial charge in [-0.05, 0) is 96.5 Å². The summed E-state index contributed by atoms with van der Waals surface area (Å²) < 4.78 is 29.6. The minimum Gasteiger partial charge on any atom is -0.352 e. The van der Waals surface area contributed by atoms with E-state index in [-0.39, 0.29) is 23.4 Å². The largest absolute Gasteiger partial charge is 0.352 e. The standard InChI is InChI=1S/C29H32Cl2IN3O4S/c1-4-20(3)33-29(37)27(5-2)34(18-21-11-12-22(30)17-26(21)31)28(36)19-35(24-15-13-23(32)14-16-24)40(38,39)25-9-7-6-8-10-25/h6-17,20,27H,4-5,18-19H2,1-3H3,(H,33,37)/t20-,27+/m1/s1. The first-order valence-electron chi connectivity index (χ1n) is 12.8. The first-order valence-corrected chi connectivity index (χ1v) is 16.1. The van der Waals surface area contributed by atoms with Gasteiger partial charge in [-0.25, -0.2) is 8.42 Å². The van der Waals surface area contributed by atoms with Crippen molar-refractivity contribution in [1.29, 1.82) is 0 Å². The third-order valence-corrected chi connectivity index (χ3v) is 9.56. The van der Waals surface area contributed by atoms with Crippen molar-refractivity contribution in [3.8, 4) is 0 Å². The van der Waals surface area contributed by atoms with Gasteiger partial charge in [0.25, 0.3) is 10.0 Å². The van der Waals surface area contributed by atoms with E-state index in [0.717, 1.165) is 14.3 Å². The van der Waals surface area contributed by atoms with Gasteiger partial charge in [-0.1, -0.05) is 61.3 Å². The maximum atomic E-state index is 14.1. The molecule has 0 aliphatic carbocycles. The van der Waals surface area contributed by atoms with Crippen LogP contribution in [0.4, 0.5) is 5.69 Å². The first kappa shape index (κ1) is 32.2. The molecule has 0 unspecified atom stereocenters. The Morgan fingerprint density at radius 2 is 1.60 bits per heavy atom. The minimum absolute atomic E-state index is 0.00676. The normalized spacial score (nSPS) is 12.8. The van der Waals surface area contributed by atoms with Crippen LogP contribution in [-0.2, 0) is 26.2 Å². The van der Waals surface area contributed by atoms with Crippen LogP contribution >= 0.6 is 45.8 Å². The molecule has 0 saturated carbocycles. The van der Waals surface area contributed by atoms with Gasteiger partial charge in [-0.15, -0.1) is 0 Å². The summed E-state index contributed by atoms with van der Waals surface area (Å²) in [4.78, 5) is 28.9. The molecule has 2 atom stereocenters. The van der Waals surface area contributed by atoms with Gasteiger partial charge in [-0.2, -0.15) is 0 Å². The van der Waals surface area contributed by atoms with Gasteiger partial charge in [0.15, 0.2) is 0 Å². The summed E-state index contributed by atoms with van der Waals surface area (Å²) >= 11 is 14.7. The molecule has 3 aromatic carbocycles. The van der Waals surface area contributed by atoms with Crippen LogP contribution in [0.15, 0.2) is 77.7 Å². The molecule has 3 aromatic rings. The number of rotatable bonds is 12. The molecular formula is C29H32Cl2IN3O4S. The first-order chi connectivity index (χ1) is 19.0. The molecule has 7 nitrogen and oxygen atoms in total. The molecule has 40 heavy (non-hydrogen) atoms. The maximum absolute atomic E-state index is 14.1. The highest BCUT2D eigenvalue weighted by atomic mass is 127. The van der Waals surface area contributed by atoms with Crippen molar-refractivity contribution >= 4 is 73.3 Å². The van der Waals surface area contributed by atoms with Crippen LogP contribution in [0.2, 0.25) is 10.0 Å². The Hall–Kier alpha value is -2.34. The summed E-state index contributed by atoms with van der Waals surface area (Å²) in [5, 5.41) is 3.73. The highest BCUT2D eigenvalue weighted by Crippen LogP contribution is 2.27. The van der Waals surface area contributed by atoms with Crippen LogP contribution in [0.3, 0.4) is 0 Å². The average molecular weight is 716 g/mol. The Morgan fingerprint density at radius 1 is 0.950 bits per heavy atom. The Morgan fingerprint density at radius 3 is 2.17 bits per heavy atom. The molecule has 2 amide bonds. The Kier molecular flexibility index (Phi) is 11.7. The smallest absolute Gasteiger partial charge is 0.264 e.